The molecule has 1 aromatic heterocycles. The van der Waals surface area contributed by atoms with E-state index in [2.05, 4.69) is 10.2 Å². The Balaban J connectivity index is 2.28. The average molecular weight is 274 g/mol. The molecule has 0 radical (unpaired) electrons. The summed E-state index contributed by atoms with van der Waals surface area (Å²) in [6, 6.07) is 13.7. The largest absolute Gasteiger partial charge is 0.294 e. The van der Waals surface area contributed by atoms with Crippen molar-refractivity contribution in [3.63, 3.8) is 0 Å². The summed E-state index contributed by atoms with van der Waals surface area (Å²) in [6.07, 6.45) is 0. The maximum atomic E-state index is 11.2. The van der Waals surface area contributed by atoms with E-state index in [9.17, 15) is 8.42 Å². The Hall–Kier alpha value is -2.18. The highest BCUT2D eigenvalue weighted by Gasteiger charge is 2.14. The third-order valence-electron chi connectivity index (χ3n) is 2.88. The molecule has 2 N–H and O–H groups in total. The summed E-state index contributed by atoms with van der Waals surface area (Å²) in [5, 5.41) is 7.68. The number of H-pyrrole nitrogens is 1. The van der Waals surface area contributed by atoms with E-state index < -0.39 is 10.1 Å². The zero-order valence-corrected chi connectivity index (χ0v) is 10.6. The van der Waals surface area contributed by atoms with Gasteiger partial charge in [-0.2, -0.15) is 13.5 Å². The minimum absolute atomic E-state index is 0.140. The van der Waals surface area contributed by atoms with Crippen molar-refractivity contribution < 1.29 is 13.0 Å². The molecule has 19 heavy (non-hydrogen) atoms. The highest BCUT2D eigenvalue weighted by molar-refractivity contribution is 7.85. The number of hydrogen-bond donors (Lipinski definition) is 2. The monoisotopic (exact) mass is 274 g/mol. The topological polar surface area (TPSA) is 83.0 Å². The zero-order chi connectivity index (χ0) is 13.5. The molecular formula is C13H10N2O3S. The molecule has 0 fully saturated rings. The van der Waals surface area contributed by atoms with E-state index in [4.69, 9.17) is 4.55 Å². The summed E-state index contributed by atoms with van der Waals surface area (Å²) in [5.41, 5.74) is 2.24. The lowest BCUT2D eigenvalue weighted by atomic mass is 10.1. The van der Waals surface area contributed by atoms with E-state index in [0.717, 1.165) is 5.56 Å². The van der Waals surface area contributed by atoms with Crippen LogP contribution in [-0.2, 0) is 10.1 Å². The van der Waals surface area contributed by atoms with Crippen LogP contribution >= 0.6 is 0 Å². The maximum Gasteiger partial charge on any atom is 0.294 e. The molecule has 0 atom stereocenters. The fourth-order valence-electron chi connectivity index (χ4n) is 1.97. The lowest BCUT2D eigenvalue weighted by molar-refractivity contribution is 0.483. The summed E-state index contributed by atoms with van der Waals surface area (Å²) in [6.45, 7) is 0. The van der Waals surface area contributed by atoms with Crippen LogP contribution in [0.3, 0.4) is 0 Å². The van der Waals surface area contributed by atoms with Crippen LogP contribution in [0.4, 0.5) is 0 Å². The number of aromatic nitrogens is 2. The summed E-state index contributed by atoms with van der Waals surface area (Å²) < 4.78 is 31.4. The Bertz CT molecular complexity index is 839. The van der Waals surface area contributed by atoms with Gasteiger partial charge in [-0.1, -0.05) is 30.3 Å². The Morgan fingerprint density at radius 1 is 1.05 bits per heavy atom. The van der Waals surface area contributed by atoms with Crippen molar-refractivity contribution in [2.24, 2.45) is 0 Å². The Morgan fingerprint density at radius 3 is 2.47 bits per heavy atom. The number of hydrogen-bond acceptors (Lipinski definition) is 3. The van der Waals surface area contributed by atoms with Gasteiger partial charge in [-0.3, -0.25) is 9.65 Å². The first kappa shape index (κ1) is 11.9. The number of fused-ring (bicyclic) bond motifs is 1. The quantitative estimate of drug-likeness (QED) is 0.703. The van der Waals surface area contributed by atoms with E-state index in [1.54, 1.807) is 6.07 Å². The van der Waals surface area contributed by atoms with Gasteiger partial charge in [-0.15, -0.1) is 0 Å². The molecule has 0 saturated heterocycles. The first-order valence-corrected chi connectivity index (χ1v) is 7.01. The van der Waals surface area contributed by atoms with Crippen LogP contribution in [0.2, 0.25) is 0 Å². The van der Waals surface area contributed by atoms with Gasteiger partial charge >= 0.3 is 0 Å². The smallest absolute Gasteiger partial charge is 0.282 e. The lowest BCUT2D eigenvalue weighted by Crippen LogP contribution is -1.97. The van der Waals surface area contributed by atoms with Crippen molar-refractivity contribution in [2.45, 2.75) is 4.90 Å². The van der Waals surface area contributed by atoms with E-state index >= 15 is 0 Å². The molecule has 3 rings (SSSR count). The molecular weight excluding hydrogens is 264 g/mol. The number of rotatable bonds is 2. The second-order valence-corrected chi connectivity index (χ2v) is 5.54. The average Bonchev–Trinajstić information content (AvgIpc) is 2.81. The molecule has 2 aromatic carbocycles. The van der Waals surface area contributed by atoms with Crippen molar-refractivity contribution in [3.8, 4) is 11.3 Å². The Labute approximate surface area is 109 Å². The molecule has 0 aliphatic heterocycles. The molecule has 0 unspecified atom stereocenters. The summed E-state index contributed by atoms with van der Waals surface area (Å²) >= 11 is 0. The van der Waals surface area contributed by atoms with Gasteiger partial charge in [0.1, 0.15) is 0 Å². The van der Waals surface area contributed by atoms with Gasteiger partial charge in [0, 0.05) is 10.9 Å². The molecule has 96 valence electrons. The standard InChI is InChI=1S/C13H10N2O3S/c16-19(17,18)10-6-7-12-11(8-10)13(15-14-12)9-4-2-1-3-5-9/h1-8H,(H,14,15)(H,16,17,18). The van der Waals surface area contributed by atoms with Crippen molar-refractivity contribution in [2.75, 3.05) is 0 Å². The molecule has 5 nitrogen and oxygen atoms in total. The zero-order valence-electron chi connectivity index (χ0n) is 9.74. The van der Waals surface area contributed by atoms with Gasteiger partial charge in [-0.05, 0) is 18.2 Å². The summed E-state index contributed by atoms with van der Waals surface area (Å²) in [5.74, 6) is 0. The first-order valence-electron chi connectivity index (χ1n) is 5.57. The highest BCUT2D eigenvalue weighted by Crippen LogP contribution is 2.27. The highest BCUT2D eigenvalue weighted by atomic mass is 32.2. The summed E-state index contributed by atoms with van der Waals surface area (Å²) in [7, 11) is -4.21. The molecule has 1 heterocycles. The first-order chi connectivity index (χ1) is 9.05. The molecule has 0 aliphatic rings. The number of nitrogens with one attached hydrogen (secondary N) is 1. The normalized spacial score (nSPS) is 11.8. The van der Waals surface area contributed by atoms with Crippen LogP contribution in [0.1, 0.15) is 0 Å². The predicted octanol–water partition coefficient (Wildman–Crippen LogP) is 2.48. The lowest BCUT2D eigenvalue weighted by Gasteiger charge is -1.99. The maximum absolute atomic E-state index is 11.2. The fourth-order valence-corrected chi connectivity index (χ4v) is 2.48. The SMILES string of the molecule is O=S(=O)(O)c1ccc2[nH]nc(-c3ccccc3)c2c1. The Kier molecular flexibility index (Phi) is 2.62. The third-order valence-corrected chi connectivity index (χ3v) is 3.73. The van der Waals surface area contributed by atoms with Crippen LogP contribution in [-0.4, -0.2) is 23.2 Å². The van der Waals surface area contributed by atoms with Gasteiger partial charge in [0.15, 0.2) is 0 Å². The molecule has 0 spiro atoms. The summed E-state index contributed by atoms with van der Waals surface area (Å²) in [4.78, 5) is -0.140. The fraction of sp³-hybridized carbons (Fsp3) is 0. The van der Waals surface area contributed by atoms with Crippen molar-refractivity contribution in [1.29, 1.82) is 0 Å². The van der Waals surface area contributed by atoms with E-state index in [1.807, 2.05) is 30.3 Å². The predicted molar refractivity (Wildman–Crippen MR) is 71.3 cm³/mol. The Morgan fingerprint density at radius 2 is 1.79 bits per heavy atom. The molecule has 0 bridgehead atoms. The van der Waals surface area contributed by atoms with E-state index in [1.165, 1.54) is 12.1 Å². The molecule has 3 aromatic rings. The van der Waals surface area contributed by atoms with E-state index in [-0.39, 0.29) is 4.90 Å². The van der Waals surface area contributed by atoms with Crippen molar-refractivity contribution in [1.82, 2.24) is 10.2 Å². The van der Waals surface area contributed by atoms with Gasteiger partial charge in [0.2, 0.25) is 0 Å². The minimum Gasteiger partial charge on any atom is -0.282 e. The van der Waals surface area contributed by atoms with Gasteiger partial charge in [0.05, 0.1) is 16.1 Å². The van der Waals surface area contributed by atoms with Gasteiger partial charge < -0.3 is 0 Å². The van der Waals surface area contributed by atoms with Gasteiger partial charge in [-0.25, -0.2) is 0 Å². The number of nitrogens with zero attached hydrogens (tertiary/aromatic N) is 1. The van der Waals surface area contributed by atoms with Crippen LogP contribution in [0, 0.1) is 0 Å². The van der Waals surface area contributed by atoms with Crippen molar-refractivity contribution in [3.05, 3.63) is 48.5 Å². The molecule has 0 aliphatic carbocycles. The van der Waals surface area contributed by atoms with E-state index in [0.29, 0.717) is 16.6 Å². The minimum atomic E-state index is -4.21. The van der Waals surface area contributed by atoms with Crippen LogP contribution in [0.15, 0.2) is 53.4 Å². The van der Waals surface area contributed by atoms with Crippen LogP contribution in [0.5, 0.6) is 0 Å². The van der Waals surface area contributed by atoms with Gasteiger partial charge in [0.25, 0.3) is 10.1 Å². The number of benzene rings is 2. The van der Waals surface area contributed by atoms with Crippen LogP contribution < -0.4 is 0 Å². The third kappa shape index (κ3) is 2.11. The molecule has 0 amide bonds. The van der Waals surface area contributed by atoms with Crippen LogP contribution in [0.25, 0.3) is 22.2 Å². The van der Waals surface area contributed by atoms with Crippen molar-refractivity contribution >= 4 is 21.0 Å². The molecule has 6 heteroatoms. The molecule has 0 saturated carbocycles. The second kappa shape index (κ2) is 4.18. The second-order valence-electron chi connectivity index (χ2n) is 4.12. The number of aromatic amines is 1.